The Kier molecular flexibility index (Phi) is 3.26. The van der Waals surface area contributed by atoms with Gasteiger partial charge in [-0.1, -0.05) is 26.2 Å². The molecule has 0 bridgehead atoms. The van der Waals surface area contributed by atoms with Crippen molar-refractivity contribution in [3.05, 3.63) is 0 Å². The maximum absolute atomic E-state index is 10.8. The van der Waals surface area contributed by atoms with Crippen LogP contribution in [0.4, 0.5) is 0 Å². The number of aliphatic hydroxyl groups is 1. The minimum Gasteiger partial charge on any atom is -0.388 e. The van der Waals surface area contributed by atoms with Gasteiger partial charge in [0, 0.05) is 0 Å². The smallest absolute Gasteiger partial charge is 0.0860 e. The highest BCUT2D eigenvalue weighted by molar-refractivity contribution is 5.14. The lowest BCUT2D eigenvalue weighted by Crippen LogP contribution is -2.48. The van der Waals surface area contributed by atoms with Crippen LogP contribution in [-0.2, 0) is 0 Å². The normalized spacial score (nSPS) is 38.2. The molecule has 0 heterocycles. The van der Waals surface area contributed by atoms with Gasteiger partial charge in [-0.2, -0.15) is 5.26 Å². The Labute approximate surface area is 98.7 Å². The van der Waals surface area contributed by atoms with Crippen LogP contribution in [0.2, 0.25) is 0 Å². The summed E-state index contributed by atoms with van der Waals surface area (Å²) in [6.07, 6.45) is 9.19. The topological polar surface area (TPSA) is 44.0 Å². The molecule has 0 aromatic rings. The summed E-state index contributed by atoms with van der Waals surface area (Å²) in [6, 6.07) is 2.47. The van der Waals surface area contributed by atoms with Crippen molar-refractivity contribution >= 4 is 0 Å². The van der Waals surface area contributed by atoms with Crippen molar-refractivity contribution in [3.8, 4) is 6.07 Å². The molecule has 2 heteroatoms. The van der Waals surface area contributed by atoms with Crippen LogP contribution in [0, 0.1) is 22.7 Å². The van der Waals surface area contributed by atoms with E-state index in [9.17, 15) is 10.4 Å². The molecule has 0 aromatic heterocycles. The van der Waals surface area contributed by atoms with Gasteiger partial charge in [0.15, 0.2) is 0 Å². The fraction of sp³-hybridized carbons (Fsp3) is 0.929. The molecule has 2 nitrogen and oxygen atoms in total. The van der Waals surface area contributed by atoms with Crippen LogP contribution in [-0.4, -0.2) is 10.7 Å². The number of nitriles is 1. The van der Waals surface area contributed by atoms with Crippen molar-refractivity contribution in [2.45, 2.75) is 70.3 Å². The van der Waals surface area contributed by atoms with Gasteiger partial charge in [0.1, 0.15) is 0 Å². The molecule has 90 valence electrons. The van der Waals surface area contributed by atoms with Crippen LogP contribution in [0.15, 0.2) is 0 Å². The second-order valence-electron chi connectivity index (χ2n) is 5.78. The SMILES string of the molecule is CCC1CCC(O)(C2(C#N)CCCC2)CC1. The van der Waals surface area contributed by atoms with E-state index in [0.717, 1.165) is 57.3 Å². The number of rotatable bonds is 2. The Morgan fingerprint density at radius 1 is 1.19 bits per heavy atom. The van der Waals surface area contributed by atoms with E-state index in [1.165, 1.54) is 6.42 Å². The largest absolute Gasteiger partial charge is 0.388 e. The minimum atomic E-state index is -0.677. The summed E-state index contributed by atoms with van der Waals surface area (Å²) in [5.41, 5.74) is -1.09. The molecule has 0 unspecified atom stereocenters. The van der Waals surface area contributed by atoms with Crippen molar-refractivity contribution in [2.75, 3.05) is 0 Å². The highest BCUT2D eigenvalue weighted by atomic mass is 16.3. The standard InChI is InChI=1S/C14H23NO/c1-2-12-5-9-14(16,10-6-12)13(11-15)7-3-4-8-13/h12,16H,2-10H2,1H3. The van der Waals surface area contributed by atoms with E-state index in [4.69, 9.17) is 0 Å². The second-order valence-corrected chi connectivity index (χ2v) is 5.78. The minimum absolute atomic E-state index is 0.411. The molecule has 0 aromatic carbocycles. The molecule has 1 N–H and O–H groups in total. The molecule has 2 fully saturated rings. The van der Waals surface area contributed by atoms with E-state index in [0.29, 0.717) is 0 Å². The molecule has 2 saturated carbocycles. The molecule has 0 atom stereocenters. The van der Waals surface area contributed by atoms with E-state index in [-0.39, 0.29) is 0 Å². The zero-order chi connectivity index (χ0) is 11.6. The molecule has 2 aliphatic rings. The van der Waals surface area contributed by atoms with Gasteiger partial charge in [-0.05, 0) is 44.4 Å². The highest BCUT2D eigenvalue weighted by Crippen LogP contribution is 2.52. The maximum Gasteiger partial charge on any atom is 0.0860 e. The Morgan fingerprint density at radius 2 is 1.75 bits per heavy atom. The van der Waals surface area contributed by atoms with Gasteiger partial charge >= 0.3 is 0 Å². The van der Waals surface area contributed by atoms with E-state index in [2.05, 4.69) is 13.0 Å². The zero-order valence-electron chi connectivity index (χ0n) is 10.3. The molecule has 0 spiro atoms. The van der Waals surface area contributed by atoms with Crippen LogP contribution in [0.3, 0.4) is 0 Å². The molecular formula is C14H23NO. The summed E-state index contributed by atoms with van der Waals surface area (Å²) >= 11 is 0. The zero-order valence-corrected chi connectivity index (χ0v) is 10.3. The lowest BCUT2D eigenvalue weighted by molar-refractivity contribution is -0.0889. The van der Waals surface area contributed by atoms with Gasteiger partial charge < -0.3 is 5.11 Å². The predicted molar refractivity (Wildman–Crippen MR) is 63.7 cm³/mol. The van der Waals surface area contributed by atoms with Crippen LogP contribution >= 0.6 is 0 Å². The molecule has 0 saturated heterocycles. The van der Waals surface area contributed by atoms with E-state index in [1.54, 1.807) is 0 Å². The van der Waals surface area contributed by atoms with Gasteiger partial charge in [-0.25, -0.2) is 0 Å². The Hall–Kier alpha value is -0.550. The van der Waals surface area contributed by atoms with Gasteiger partial charge in [0.05, 0.1) is 17.1 Å². The molecular weight excluding hydrogens is 198 g/mol. The first-order chi connectivity index (χ1) is 7.66. The fourth-order valence-corrected chi connectivity index (χ4v) is 3.70. The van der Waals surface area contributed by atoms with Crippen LogP contribution in [0.25, 0.3) is 0 Å². The monoisotopic (exact) mass is 221 g/mol. The maximum atomic E-state index is 10.8. The Bertz CT molecular complexity index is 278. The average Bonchev–Trinajstić information content (AvgIpc) is 2.80. The third kappa shape index (κ3) is 1.76. The first-order valence-corrected chi connectivity index (χ1v) is 6.79. The summed E-state index contributed by atoms with van der Waals surface area (Å²) < 4.78 is 0. The summed E-state index contributed by atoms with van der Waals surface area (Å²) in [7, 11) is 0. The lowest BCUT2D eigenvalue weighted by Gasteiger charge is -2.45. The number of nitrogens with zero attached hydrogens (tertiary/aromatic N) is 1. The lowest BCUT2D eigenvalue weighted by atomic mass is 9.63. The Balaban J connectivity index is 2.11. The van der Waals surface area contributed by atoms with Crippen molar-refractivity contribution in [2.24, 2.45) is 11.3 Å². The van der Waals surface area contributed by atoms with Gasteiger partial charge in [-0.15, -0.1) is 0 Å². The quantitative estimate of drug-likeness (QED) is 0.776. The van der Waals surface area contributed by atoms with Gasteiger partial charge in [0.25, 0.3) is 0 Å². The summed E-state index contributed by atoms with van der Waals surface area (Å²) in [5, 5.41) is 20.3. The van der Waals surface area contributed by atoms with Crippen molar-refractivity contribution in [1.29, 1.82) is 5.26 Å². The molecule has 0 aliphatic heterocycles. The third-order valence-corrected chi connectivity index (χ3v) is 5.07. The summed E-state index contributed by atoms with van der Waals surface area (Å²) in [6.45, 7) is 2.23. The van der Waals surface area contributed by atoms with E-state index < -0.39 is 11.0 Å². The molecule has 0 amide bonds. The van der Waals surface area contributed by atoms with Crippen molar-refractivity contribution in [1.82, 2.24) is 0 Å². The first-order valence-electron chi connectivity index (χ1n) is 6.79. The summed E-state index contributed by atoms with van der Waals surface area (Å²) in [5.74, 6) is 0.775. The Morgan fingerprint density at radius 3 is 2.19 bits per heavy atom. The summed E-state index contributed by atoms with van der Waals surface area (Å²) in [4.78, 5) is 0. The molecule has 2 rings (SSSR count). The average molecular weight is 221 g/mol. The highest BCUT2D eigenvalue weighted by Gasteiger charge is 2.53. The van der Waals surface area contributed by atoms with Crippen LogP contribution in [0.1, 0.15) is 64.7 Å². The van der Waals surface area contributed by atoms with Crippen molar-refractivity contribution in [3.63, 3.8) is 0 Å². The van der Waals surface area contributed by atoms with Gasteiger partial charge in [0.2, 0.25) is 0 Å². The number of hydrogen-bond donors (Lipinski definition) is 1. The van der Waals surface area contributed by atoms with E-state index >= 15 is 0 Å². The second kappa shape index (κ2) is 4.37. The van der Waals surface area contributed by atoms with E-state index in [1.807, 2.05) is 0 Å². The predicted octanol–water partition coefficient (Wildman–Crippen LogP) is 3.40. The molecule has 16 heavy (non-hydrogen) atoms. The fourth-order valence-electron chi connectivity index (χ4n) is 3.70. The van der Waals surface area contributed by atoms with Crippen LogP contribution in [0.5, 0.6) is 0 Å². The number of hydrogen-bond acceptors (Lipinski definition) is 2. The van der Waals surface area contributed by atoms with Gasteiger partial charge in [-0.3, -0.25) is 0 Å². The third-order valence-electron chi connectivity index (χ3n) is 5.07. The molecule has 0 radical (unpaired) electrons. The van der Waals surface area contributed by atoms with Crippen LogP contribution < -0.4 is 0 Å². The first kappa shape index (κ1) is 11.9. The molecule has 2 aliphatic carbocycles. The van der Waals surface area contributed by atoms with Crippen molar-refractivity contribution < 1.29 is 5.11 Å².